The van der Waals surface area contributed by atoms with Crippen LogP contribution in [0.1, 0.15) is 40.0 Å². The van der Waals surface area contributed by atoms with Crippen molar-refractivity contribution in [1.82, 2.24) is 20.1 Å². The summed E-state index contributed by atoms with van der Waals surface area (Å²) in [5.41, 5.74) is 5.46. The first-order chi connectivity index (χ1) is 17.8. The fraction of sp³-hybridized carbons (Fsp3) is 0.207. The molecule has 0 aliphatic heterocycles. The molecule has 3 aromatic carbocycles. The van der Waals surface area contributed by atoms with Crippen molar-refractivity contribution in [2.75, 3.05) is 14.2 Å². The van der Waals surface area contributed by atoms with Crippen molar-refractivity contribution < 1.29 is 14.3 Å². The van der Waals surface area contributed by atoms with Gasteiger partial charge in [0.15, 0.2) is 11.5 Å². The molecular formula is C29H28N4O4. The van der Waals surface area contributed by atoms with Crippen LogP contribution in [-0.2, 0) is 0 Å². The molecule has 0 aliphatic carbocycles. The van der Waals surface area contributed by atoms with E-state index in [9.17, 15) is 9.59 Å². The minimum absolute atomic E-state index is 0.190. The third kappa shape index (κ3) is 4.31. The van der Waals surface area contributed by atoms with Crippen LogP contribution in [0.15, 0.2) is 65.6 Å². The maximum atomic E-state index is 13.2. The number of carbonyl (C=O) groups is 1. The van der Waals surface area contributed by atoms with Gasteiger partial charge >= 0.3 is 0 Å². The molecule has 0 aliphatic rings. The topological polar surface area (TPSA) is 98.2 Å². The van der Waals surface area contributed by atoms with E-state index in [2.05, 4.69) is 15.4 Å². The number of nitrogens with one attached hydrogen (secondary N) is 2. The lowest BCUT2D eigenvalue weighted by atomic mass is 10.1. The highest BCUT2D eigenvalue weighted by Gasteiger charge is 2.17. The fourth-order valence-corrected chi connectivity index (χ4v) is 4.43. The van der Waals surface area contributed by atoms with Crippen molar-refractivity contribution in [3.8, 4) is 17.2 Å². The molecule has 2 aromatic heterocycles. The average Bonchev–Trinajstić information content (AvgIpc) is 3.26. The molecule has 1 amide bonds. The van der Waals surface area contributed by atoms with Crippen LogP contribution < -0.4 is 20.3 Å². The Bertz CT molecular complexity index is 1720. The second-order valence-electron chi connectivity index (χ2n) is 9.11. The number of rotatable bonds is 6. The predicted molar refractivity (Wildman–Crippen MR) is 144 cm³/mol. The number of fused-ring (bicyclic) bond motifs is 3. The number of aromatic nitrogens is 3. The third-order valence-electron chi connectivity index (χ3n) is 6.79. The van der Waals surface area contributed by atoms with Crippen LogP contribution in [0.2, 0.25) is 0 Å². The van der Waals surface area contributed by atoms with Crippen molar-refractivity contribution in [2.24, 2.45) is 0 Å². The number of hydrogen-bond donors (Lipinski definition) is 2. The first-order valence-corrected chi connectivity index (χ1v) is 11.9. The molecule has 5 rings (SSSR count). The molecule has 2 heterocycles. The zero-order valence-corrected chi connectivity index (χ0v) is 21.4. The quantitative estimate of drug-likeness (QED) is 0.345. The lowest BCUT2D eigenvalue weighted by molar-refractivity contribution is 0.0940. The number of amides is 1. The molecule has 5 aromatic rings. The molecule has 0 spiro atoms. The van der Waals surface area contributed by atoms with Crippen LogP contribution in [0, 0.1) is 13.8 Å². The average molecular weight is 497 g/mol. The van der Waals surface area contributed by atoms with Gasteiger partial charge in [0.1, 0.15) is 0 Å². The van der Waals surface area contributed by atoms with Crippen LogP contribution in [-0.4, -0.2) is 34.9 Å². The minimum Gasteiger partial charge on any atom is -0.493 e. The highest BCUT2D eigenvalue weighted by molar-refractivity contribution is 6.06. The number of benzene rings is 3. The summed E-state index contributed by atoms with van der Waals surface area (Å²) in [5, 5.41) is 7.43. The second kappa shape index (κ2) is 9.46. The van der Waals surface area contributed by atoms with Crippen LogP contribution >= 0.6 is 0 Å². The van der Waals surface area contributed by atoms with E-state index < -0.39 is 0 Å². The summed E-state index contributed by atoms with van der Waals surface area (Å²) < 4.78 is 12.2. The van der Waals surface area contributed by atoms with Gasteiger partial charge in [-0.25, -0.2) is 4.68 Å². The predicted octanol–water partition coefficient (Wildman–Crippen LogP) is 4.99. The molecule has 8 heteroatoms. The summed E-state index contributed by atoms with van der Waals surface area (Å²) >= 11 is 0. The lowest BCUT2D eigenvalue weighted by Gasteiger charge is -2.17. The molecule has 0 fully saturated rings. The van der Waals surface area contributed by atoms with E-state index in [1.165, 1.54) is 4.68 Å². The number of methoxy groups -OCH3 is 2. The number of aryl methyl sites for hydroxylation is 2. The van der Waals surface area contributed by atoms with Crippen molar-refractivity contribution in [3.63, 3.8) is 0 Å². The van der Waals surface area contributed by atoms with Gasteiger partial charge in [0.25, 0.3) is 11.5 Å². The van der Waals surface area contributed by atoms with Crippen LogP contribution in [0.3, 0.4) is 0 Å². The molecule has 8 nitrogen and oxygen atoms in total. The van der Waals surface area contributed by atoms with Gasteiger partial charge in [-0.2, -0.15) is 0 Å². The minimum atomic E-state index is -0.275. The SMILES string of the molecule is COc1ccc([C@@H](C)NC(=O)c2ccc3ncc4c(=O)n(-c5ccc(C)c(C)c5)[nH]c4c3c2)cc1OC. The van der Waals surface area contributed by atoms with Crippen LogP contribution in [0.25, 0.3) is 27.5 Å². The molecule has 0 radical (unpaired) electrons. The number of pyridine rings is 1. The van der Waals surface area contributed by atoms with Gasteiger partial charge in [0, 0.05) is 17.1 Å². The molecule has 1 atom stereocenters. The standard InChI is InChI=1S/C29H28N4O4/c1-16-6-9-21(12-17(16)2)33-29(35)23-15-30-24-10-7-20(13-22(24)27(23)32-33)28(34)31-18(3)19-8-11-25(36-4)26(14-19)37-5/h6-15,18,32H,1-5H3,(H,31,34)/t18-/m1/s1. The first-order valence-electron chi connectivity index (χ1n) is 11.9. The Labute approximate surface area is 213 Å². The monoisotopic (exact) mass is 496 g/mol. The summed E-state index contributed by atoms with van der Waals surface area (Å²) in [4.78, 5) is 30.8. The van der Waals surface area contributed by atoms with Gasteiger partial charge in [-0.05, 0) is 79.9 Å². The summed E-state index contributed by atoms with van der Waals surface area (Å²) in [6, 6.07) is 16.4. The van der Waals surface area contributed by atoms with Crippen molar-refractivity contribution in [1.29, 1.82) is 0 Å². The largest absolute Gasteiger partial charge is 0.493 e. The summed E-state index contributed by atoms with van der Waals surface area (Å²) in [6.07, 6.45) is 1.58. The Morgan fingerprint density at radius 3 is 2.46 bits per heavy atom. The number of ether oxygens (including phenoxy) is 2. The molecule has 0 saturated carbocycles. The third-order valence-corrected chi connectivity index (χ3v) is 6.79. The van der Waals surface area contributed by atoms with Gasteiger partial charge in [-0.3, -0.25) is 19.7 Å². The van der Waals surface area contributed by atoms with E-state index in [0.717, 1.165) is 22.4 Å². The van der Waals surface area contributed by atoms with Gasteiger partial charge in [0.05, 0.1) is 42.4 Å². The van der Waals surface area contributed by atoms with Crippen molar-refractivity contribution >= 4 is 27.7 Å². The highest BCUT2D eigenvalue weighted by atomic mass is 16.5. The highest BCUT2D eigenvalue weighted by Crippen LogP contribution is 2.30. The number of hydrogen-bond acceptors (Lipinski definition) is 5. The smallest absolute Gasteiger partial charge is 0.280 e. The normalized spacial score (nSPS) is 12.0. The van der Waals surface area contributed by atoms with E-state index in [1.54, 1.807) is 38.6 Å². The number of carbonyl (C=O) groups excluding carboxylic acids is 1. The van der Waals surface area contributed by atoms with Gasteiger partial charge in [-0.1, -0.05) is 12.1 Å². The molecule has 2 N–H and O–H groups in total. The summed E-state index contributed by atoms with van der Waals surface area (Å²) in [7, 11) is 3.16. The van der Waals surface area contributed by atoms with Crippen LogP contribution in [0.4, 0.5) is 0 Å². The van der Waals surface area contributed by atoms with E-state index >= 15 is 0 Å². The zero-order chi connectivity index (χ0) is 26.3. The van der Waals surface area contributed by atoms with Crippen LogP contribution in [0.5, 0.6) is 11.5 Å². The molecular weight excluding hydrogens is 468 g/mol. The Morgan fingerprint density at radius 1 is 0.946 bits per heavy atom. The van der Waals surface area contributed by atoms with Gasteiger partial charge < -0.3 is 14.8 Å². The zero-order valence-electron chi connectivity index (χ0n) is 21.4. The Balaban J connectivity index is 1.50. The summed E-state index contributed by atoms with van der Waals surface area (Å²) in [5.74, 6) is 0.979. The first kappa shape index (κ1) is 24.1. The number of aromatic amines is 1. The Kier molecular flexibility index (Phi) is 6.17. The van der Waals surface area contributed by atoms with Gasteiger partial charge in [0.2, 0.25) is 0 Å². The molecule has 37 heavy (non-hydrogen) atoms. The maximum absolute atomic E-state index is 13.2. The van der Waals surface area contributed by atoms with E-state index in [0.29, 0.717) is 38.9 Å². The Morgan fingerprint density at radius 2 is 1.73 bits per heavy atom. The maximum Gasteiger partial charge on any atom is 0.280 e. The second-order valence-corrected chi connectivity index (χ2v) is 9.11. The number of H-pyrrole nitrogens is 1. The van der Waals surface area contributed by atoms with E-state index in [1.807, 2.05) is 57.2 Å². The van der Waals surface area contributed by atoms with Crippen molar-refractivity contribution in [3.05, 3.63) is 93.4 Å². The molecule has 0 saturated heterocycles. The summed E-state index contributed by atoms with van der Waals surface area (Å²) in [6.45, 7) is 5.95. The number of nitrogens with zero attached hydrogens (tertiary/aromatic N) is 2. The molecule has 188 valence electrons. The van der Waals surface area contributed by atoms with E-state index in [-0.39, 0.29) is 17.5 Å². The molecule has 0 unspecified atom stereocenters. The molecule has 0 bridgehead atoms. The van der Waals surface area contributed by atoms with E-state index in [4.69, 9.17) is 9.47 Å². The van der Waals surface area contributed by atoms with Gasteiger partial charge in [-0.15, -0.1) is 0 Å². The Hall–Kier alpha value is -4.59. The van der Waals surface area contributed by atoms with Crippen molar-refractivity contribution in [2.45, 2.75) is 26.8 Å². The lowest BCUT2D eigenvalue weighted by Crippen LogP contribution is -2.26. The fourth-order valence-electron chi connectivity index (χ4n) is 4.43.